The average Bonchev–Trinajstić information content (AvgIpc) is 2.09. The summed E-state index contributed by atoms with van der Waals surface area (Å²) in [5.74, 6) is -4.17. The summed E-state index contributed by atoms with van der Waals surface area (Å²) in [6.07, 6.45) is -5.59. The monoisotopic (exact) mass is 310 g/mol. The van der Waals surface area contributed by atoms with Crippen LogP contribution in [-0.2, 0) is 27.8 Å². The van der Waals surface area contributed by atoms with E-state index >= 15 is 0 Å². The molecule has 0 aliphatic rings. The Morgan fingerprint density at radius 3 is 1.17 bits per heavy atom. The van der Waals surface area contributed by atoms with Crippen molar-refractivity contribution in [1.82, 2.24) is 0 Å². The number of hydrogen-bond donors (Lipinski definition) is 6. The van der Waals surface area contributed by atoms with Gasteiger partial charge in [0.15, 0.2) is 12.2 Å². The zero-order valence-corrected chi connectivity index (χ0v) is 9.97. The Balaban J connectivity index is 4.65. The Morgan fingerprint density at radius 2 is 1.00 bits per heavy atom. The first-order valence-corrected chi connectivity index (χ1v) is 6.83. The summed E-state index contributed by atoms with van der Waals surface area (Å²) < 4.78 is 27.0. The molecule has 0 amide bonds. The lowest BCUT2D eigenvalue weighted by atomic mass is 10.2. The SMILES string of the molecule is O=C(OP(=O)(O)O)C(O)C(O)C(=O)OP(=O)(O)O. The number of phosphoric ester groups is 2. The highest BCUT2D eigenvalue weighted by atomic mass is 31.2. The van der Waals surface area contributed by atoms with Gasteiger partial charge in [-0.3, -0.25) is 19.6 Å². The van der Waals surface area contributed by atoms with Gasteiger partial charge in [-0.2, -0.15) is 0 Å². The maximum atomic E-state index is 10.7. The predicted octanol–water partition coefficient (Wildman–Crippen LogP) is -3.02. The van der Waals surface area contributed by atoms with Crippen molar-refractivity contribution >= 4 is 27.6 Å². The van der Waals surface area contributed by atoms with Crippen LogP contribution in [0.4, 0.5) is 0 Å². The molecule has 0 aliphatic carbocycles. The number of aliphatic hydroxyl groups excluding tert-OH is 2. The molecule has 0 rings (SSSR count). The quantitative estimate of drug-likeness (QED) is 0.280. The fraction of sp³-hybridized carbons (Fsp3) is 0.500. The second kappa shape index (κ2) is 5.87. The van der Waals surface area contributed by atoms with Gasteiger partial charge in [0, 0.05) is 0 Å². The van der Waals surface area contributed by atoms with E-state index in [4.69, 9.17) is 29.8 Å². The van der Waals surface area contributed by atoms with E-state index in [1.807, 2.05) is 0 Å². The minimum Gasteiger partial charge on any atom is -0.379 e. The average molecular weight is 310 g/mol. The highest BCUT2D eigenvalue weighted by molar-refractivity contribution is 7.47. The molecule has 0 aliphatic heterocycles. The molecule has 14 heteroatoms. The van der Waals surface area contributed by atoms with E-state index < -0.39 is 39.8 Å². The molecule has 106 valence electrons. The normalized spacial score (nSPS) is 15.7. The Hall–Kier alpha value is -0.840. The van der Waals surface area contributed by atoms with Gasteiger partial charge < -0.3 is 19.3 Å². The Labute approximate surface area is 98.2 Å². The van der Waals surface area contributed by atoms with E-state index in [9.17, 15) is 18.7 Å². The Kier molecular flexibility index (Phi) is 5.59. The van der Waals surface area contributed by atoms with Crippen LogP contribution in [0, 0.1) is 0 Å². The highest BCUT2D eigenvalue weighted by Gasteiger charge is 2.38. The molecule has 0 saturated heterocycles. The second-order valence-electron chi connectivity index (χ2n) is 2.69. The molecule has 2 unspecified atom stereocenters. The van der Waals surface area contributed by atoms with Crippen molar-refractivity contribution in [2.45, 2.75) is 12.2 Å². The molecule has 0 fully saturated rings. The van der Waals surface area contributed by atoms with E-state index in [0.29, 0.717) is 0 Å². The third-order valence-electron chi connectivity index (χ3n) is 1.20. The number of carbonyl (C=O) groups is 2. The van der Waals surface area contributed by atoms with Gasteiger partial charge in [0.2, 0.25) is 0 Å². The van der Waals surface area contributed by atoms with E-state index in [1.54, 1.807) is 0 Å². The predicted molar refractivity (Wildman–Crippen MR) is 48.3 cm³/mol. The van der Waals surface area contributed by atoms with Crippen LogP contribution in [0.15, 0.2) is 0 Å². The minimum absolute atomic E-state index is 2.08. The standard InChI is InChI=1S/C4H8O12P2/c5-1(3(7)15-17(9,10)11)2(6)4(8)16-18(12,13)14/h1-2,5-6H,(H2,9,10,11)(H2,12,13,14). The van der Waals surface area contributed by atoms with Gasteiger partial charge in [-0.25, -0.2) is 18.7 Å². The zero-order valence-electron chi connectivity index (χ0n) is 8.18. The van der Waals surface area contributed by atoms with Gasteiger partial charge in [-0.05, 0) is 0 Å². The summed E-state index contributed by atoms with van der Waals surface area (Å²) in [5, 5.41) is 17.8. The van der Waals surface area contributed by atoms with Gasteiger partial charge in [0.25, 0.3) is 0 Å². The van der Waals surface area contributed by atoms with Crippen LogP contribution in [0.2, 0.25) is 0 Å². The molecule has 0 radical (unpaired) electrons. The molecule has 0 aromatic rings. The number of hydrogen-bond acceptors (Lipinski definition) is 8. The molecule has 0 heterocycles. The van der Waals surface area contributed by atoms with Crippen molar-refractivity contribution in [3.05, 3.63) is 0 Å². The molecule has 0 spiro atoms. The summed E-state index contributed by atoms with van der Waals surface area (Å²) in [5.41, 5.74) is 0. The highest BCUT2D eigenvalue weighted by Crippen LogP contribution is 2.38. The summed E-state index contributed by atoms with van der Waals surface area (Å²) in [6.45, 7) is 0. The van der Waals surface area contributed by atoms with Crippen LogP contribution < -0.4 is 0 Å². The summed E-state index contributed by atoms with van der Waals surface area (Å²) in [7, 11) is -10.6. The Bertz CT molecular complexity index is 376. The van der Waals surface area contributed by atoms with Gasteiger partial charge in [-0.1, -0.05) is 0 Å². The number of aliphatic hydroxyl groups is 2. The van der Waals surface area contributed by atoms with Crippen molar-refractivity contribution in [2.24, 2.45) is 0 Å². The molecule has 12 nitrogen and oxygen atoms in total. The minimum atomic E-state index is -5.31. The van der Waals surface area contributed by atoms with E-state index in [0.717, 1.165) is 0 Å². The van der Waals surface area contributed by atoms with Crippen LogP contribution in [0.5, 0.6) is 0 Å². The van der Waals surface area contributed by atoms with E-state index in [2.05, 4.69) is 9.05 Å². The fourth-order valence-corrected chi connectivity index (χ4v) is 1.29. The van der Waals surface area contributed by atoms with Crippen LogP contribution >= 0.6 is 15.6 Å². The lowest BCUT2D eigenvalue weighted by Gasteiger charge is -2.15. The number of rotatable bonds is 5. The molecule has 0 aromatic carbocycles. The van der Waals surface area contributed by atoms with Crippen LogP contribution in [-0.4, -0.2) is 53.9 Å². The third kappa shape index (κ3) is 6.79. The first-order valence-electron chi connectivity index (χ1n) is 3.77. The zero-order chi connectivity index (χ0) is 14.7. The molecule has 0 saturated carbocycles. The largest absolute Gasteiger partial charge is 0.527 e. The van der Waals surface area contributed by atoms with Crippen LogP contribution in [0.25, 0.3) is 0 Å². The van der Waals surface area contributed by atoms with Crippen molar-refractivity contribution in [2.75, 3.05) is 0 Å². The number of carbonyl (C=O) groups excluding carboxylic acids is 2. The summed E-state index contributed by atoms with van der Waals surface area (Å²) in [6, 6.07) is 0. The van der Waals surface area contributed by atoms with Crippen LogP contribution in [0.1, 0.15) is 0 Å². The van der Waals surface area contributed by atoms with Crippen molar-refractivity contribution < 1.29 is 57.6 Å². The summed E-state index contributed by atoms with van der Waals surface area (Å²) >= 11 is 0. The van der Waals surface area contributed by atoms with Crippen molar-refractivity contribution in [3.63, 3.8) is 0 Å². The smallest absolute Gasteiger partial charge is 0.379 e. The van der Waals surface area contributed by atoms with Gasteiger partial charge in [0.05, 0.1) is 0 Å². The third-order valence-corrected chi connectivity index (χ3v) is 2.04. The van der Waals surface area contributed by atoms with Crippen molar-refractivity contribution in [3.8, 4) is 0 Å². The number of phosphoric acid groups is 2. The van der Waals surface area contributed by atoms with Gasteiger partial charge in [0.1, 0.15) is 0 Å². The molecular weight excluding hydrogens is 302 g/mol. The summed E-state index contributed by atoms with van der Waals surface area (Å²) in [4.78, 5) is 54.2. The molecule has 0 aromatic heterocycles. The topological polar surface area (TPSA) is 208 Å². The first-order chi connectivity index (χ1) is 7.83. The van der Waals surface area contributed by atoms with Gasteiger partial charge in [-0.15, -0.1) is 0 Å². The lowest BCUT2D eigenvalue weighted by Crippen LogP contribution is -2.41. The lowest BCUT2D eigenvalue weighted by molar-refractivity contribution is -0.164. The van der Waals surface area contributed by atoms with Crippen LogP contribution in [0.3, 0.4) is 0 Å². The van der Waals surface area contributed by atoms with Crippen molar-refractivity contribution in [1.29, 1.82) is 0 Å². The Morgan fingerprint density at radius 1 is 0.778 bits per heavy atom. The maximum Gasteiger partial charge on any atom is 0.527 e. The molecule has 18 heavy (non-hydrogen) atoms. The first kappa shape index (κ1) is 17.2. The molecule has 0 bridgehead atoms. The fourth-order valence-electron chi connectivity index (χ4n) is 0.600. The molecule has 6 N–H and O–H groups in total. The molecular formula is C4H8O12P2. The van der Waals surface area contributed by atoms with Gasteiger partial charge >= 0.3 is 27.6 Å². The van der Waals surface area contributed by atoms with E-state index in [-0.39, 0.29) is 0 Å². The van der Waals surface area contributed by atoms with E-state index in [1.165, 1.54) is 0 Å². The maximum absolute atomic E-state index is 10.7. The second-order valence-corrected chi connectivity index (χ2v) is 5.02. The molecule has 2 atom stereocenters.